The van der Waals surface area contributed by atoms with Crippen molar-refractivity contribution < 1.29 is 14.3 Å². The van der Waals surface area contributed by atoms with Crippen LogP contribution >= 0.6 is 11.6 Å². The predicted octanol–water partition coefficient (Wildman–Crippen LogP) is 3.93. The summed E-state index contributed by atoms with van der Waals surface area (Å²) in [5.74, 6) is 0.865. The van der Waals surface area contributed by atoms with E-state index in [1.54, 1.807) is 68.2 Å². The number of carbonyl (C=O) groups is 1. The molecule has 0 aliphatic heterocycles. The smallest absolute Gasteiger partial charge is 0.267 e. The molecule has 13 heteroatoms. The Morgan fingerprint density at radius 1 is 1.16 bits per heavy atom. The summed E-state index contributed by atoms with van der Waals surface area (Å²) in [5.41, 5.74) is 6.66. The molecule has 0 saturated carbocycles. The first-order valence-corrected chi connectivity index (χ1v) is 13.5. The number of ether oxygens (including phenoxy) is 2. The van der Waals surface area contributed by atoms with E-state index in [0.29, 0.717) is 46.0 Å². The number of halogens is 1. The van der Waals surface area contributed by atoms with Crippen LogP contribution < -0.4 is 31.4 Å². The minimum absolute atomic E-state index is 0.110. The molecule has 3 heterocycles. The SMILES string of the molecule is CNc1ncc2cc(-c3cc(OC)cc(OC)c3Cl)c(=O)n(CCc3ccc(NC(=O)C(C#N)=CC(C)(C)N)nc3)c2n1. The molecule has 222 valence electrons. The highest BCUT2D eigenvalue weighted by Crippen LogP contribution is 2.38. The minimum atomic E-state index is -0.831. The Morgan fingerprint density at radius 3 is 2.53 bits per heavy atom. The lowest BCUT2D eigenvalue weighted by molar-refractivity contribution is -0.112. The topological polar surface area (TPSA) is 170 Å². The number of nitrogens with one attached hydrogen (secondary N) is 2. The summed E-state index contributed by atoms with van der Waals surface area (Å²) in [5, 5.41) is 15.7. The fraction of sp³-hybridized carbons (Fsp3) is 0.267. The van der Waals surface area contributed by atoms with Crippen molar-refractivity contribution in [3.63, 3.8) is 0 Å². The highest BCUT2D eigenvalue weighted by atomic mass is 35.5. The van der Waals surface area contributed by atoms with Crippen LogP contribution in [0.2, 0.25) is 5.02 Å². The molecule has 0 fully saturated rings. The van der Waals surface area contributed by atoms with Gasteiger partial charge in [-0.15, -0.1) is 0 Å². The second-order valence-corrected chi connectivity index (χ2v) is 10.6. The van der Waals surface area contributed by atoms with Crippen molar-refractivity contribution >= 4 is 40.3 Å². The van der Waals surface area contributed by atoms with Crippen molar-refractivity contribution in [3.8, 4) is 28.7 Å². The third-order valence-electron chi connectivity index (χ3n) is 6.38. The molecule has 0 bridgehead atoms. The molecule has 12 nitrogen and oxygen atoms in total. The van der Waals surface area contributed by atoms with Crippen LogP contribution in [0, 0.1) is 11.3 Å². The molecule has 0 spiro atoms. The zero-order valence-electron chi connectivity index (χ0n) is 24.4. The van der Waals surface area contributed by atoms with Gasteiger partial charge in [0.25, 0.3) is 11.5 Å². The van der Waals surface area contributed by atoms with E-state index in [-0.39, 0.29) is 28.5 Å². The number of hydrogen-bond donors (Lipinski definition) is 3. The monoisotopic (exact) mass is 602 g/mol. The van der Waals surface area contributed by atoms with Crippen LogP contribution in [-0.2, 0) is 17.8 Å². The van der Waals surface area contributed by atoms with Gasteiger partial charge in [0.15, 0.2) is 0 Å². The number of anilines is 2. The van der Waals surface area contributed by atoms with Gasteiger partial charge in [0.1, 0.15) is 34.6 Å². The van der Waals surface area contributed by atoms with Gasteiger partial charge in [0, 0.05) is 54.1 Å². The molecule has 3 aromatic heterocycles. The van der Waals surface area contributed by atoms with Crippen LogP contribution in [0.4, 0.5) is 11.8 Å². The van der Waals surface area contributed by atoms with Crippen molar-refractivity contribution in [1.82, 2.24) is 19.5 Å². The first-order valence-electron chi connectivity index (χ1n) is 13.2. The number of nitrogens with two attached hydrogens (primary N) is 1. The quantitative estimate of drug-likeness (QED) is 0.178. The van der Waals surface area contributed by atoms with Crippen LogP contribution in [0.1, 0.15) is 19.4 Å². The summed E-state index contributed by atoms with van der Waals surface area (Å²) < 4.78 is 12.4. The highest BCUT2D eigenvalue weighted by molar-refractivity contribution is 6.35. The Bertz CT molecular complexity index is 1810. The number of pyridine rings is 2. The Morgan fingerprint density at radius 2 is 1.93 bits per heavy atom. The summed E-state index contributed by atoms with van der Waals surface area (Å²) in [4.78, 5) is 39.6. The number of aromatic nitrogens is 4. The number of rotatable bonds is 10. The highest BCUT2D eigenvalue weighted by Gasteiger charge is 2.19. The molecule has 0 radical (unpaired) electrons. The Kier molecular flexibility index (Phi) is 9.28. The number of hydrogen-bond acceptors (Lipinski definition) is 10. The molecule has 4 rings (SSSR count). The first kappa shape index (κ1) is 31.0. The van der Waals surface area contributed by atoms with Gasteiger partial charge in [-0.2, -0.15) is 10.2 Å². The van der Waals surface area contributed by atoms with Gasteiger partial charge in [-0.25, -0.2) is 9.97 Å². The van der Waals surface area contributed by atoms with E-state index in [1.165, 1.54) is 20.3 Å². The predicted molar refractivity (Wildman–Crippen MR) is 165 cm³/mol. The van der Waals surface area contributed by atoms with Crippen molar-refractivity contribution in [2.75, 3.05) is 31.9 Å². The van der Waals surface area contributed by atoms with E-state index >= 15 is 0 Å². The molecule has 43 heavy (non-hydrogen) atoms. The molecular weight excluding hydrogens is 572 g/mol. The summed E-state index contributed by atoms with van der Waals surface area (Å²) in [6.07, 6.45) is 5.03. The lowest BCUT2D eigenvalue weighted by atomic mass is 10.0. The number of carbonyl (C=O) groups excluding carboxylic acids is 1. The maximum absolute atomic E-state index is 14.0. The summed E-state index contributed by atoms with van der Waals surface area (Å²) in [7, 11) is 4.70. The molecule has 4 N–H and O–H groups in total. The Labute approximate surface area is 253 Å². The van der Waals surface area contributed by atoms with Crippen LogP contribution in [0.25, 0.3) is 22.2 Å². The molecule has 0 unspecified atom stereocenters. The molecule has 0 aliphatic rings. The molecular formula is C30H31ClN8O4. The number of methoxy groups -OCH3 is 2. The van der Waals surface area contributed by atoms with Crippen LogP contribution in [-0.4, -0.2) is 52.2 Å². The van der Waals surface area contributed by atoms with Gasteiger partial charge in [-0.05, 0) is 50.1 Å². The Hall–Kier alpha value is -4.99. The van der Waals surface area contributed by atoms with E-state index in [2.05, 4.69) is 25.6 Å². The van der Waals surface area contributed by atoms with Gasteiger partial charge >= 0.3 is 0 Å². The maximum atomic E-state index is 14.0. The van der Waals surface area contributed by atoms with Crippen molar-refractivity contribution in [2.24, 2.45) is 5.73 Å². The Balaban J connectivity index is 1.68. The standard InChI is InChI=1S/C30H31ClN8O4/c1-30(2,33)13-19(14-32)27(40)37-24-7-6-17(15-35-24)8-9-39-26-18(16-36-29(34-3)38-26)10-22(28(39)41)21-11-20(42-4)12-23(43-5)25(21)31/h6-7,10-13,15-16H,8-9,33H2,1-5H3,(H,34,36,38)(H,35,37,40). The van der Waals surface area contributed by atoms with E-state index in [9.17, 15) is 14.9 Å². The minimum Gasteiger partial charge on any atom is -0.497 e. The molecule has 1 amide bonds. The van der Waals surface area contributed by atoms with Crippen LogP contribution in [0.3, 0.4) is 0 Å². The van der Waals surface area contributed by atoms with Gasteiger partial charge < -0.3 is 25.8 Å². The van der Waals surface area contributed by atoms with Gasteiger partial charge in [-0.1, -0.05) is 17.7 Å². The number of fused-ring (bicyclic) bond motifs is 1. The number of nitrogens with zero attached hydrogens (tertiary/aromatic N) is 5. The second-order valence-electron chi connectivity index (χ2n) is 10.2. The number of benzene rings is 1. The van der Waals surface area contributed by atoms with Crippen molar-refractivity contribution in [3.05, 3.63) is 75.3 Å². The largest absolute Gasteiger partial charge is 0.497 e. The van der Waals surface area contributed by atoms with Gasteiger partial charge in [-0.3, -0.25) is 14.2 Å². The molecule has 0 saturated heterocycles. The molecule has 0 aliphatic carbocycles. The number of aryl methyl sites for hydroxylation is 2. The van der Waals surface area contributed by atoms with E-state index in [4.69, 9.17) is 26.8 Å². The van der Waals surface area contributed by atoms with E-state index in [1.807, 2.05) is 6.07 Å². The maximum Gasteiger partial charge on any atom is 0.267 e. The van der Waals surface area contributed by atoms with E-state index < -0.39 is 11.4 Å². The zero-order chi connectivity index (χ0) is 31.3. The van der Waals surface area contributed by atoms with Gasteiger partial charge in [0.2, 0.25) is 5.95 Å². The summed E-state index contributed by atoms with van der Waals surface area (Å²) >= 11 is 6.64. The fourth-order valence-corrected chi connectivity index (χ4v) is 4.59. The number of nitriles is 1. The zero-order valence-corrected chi connectivity index (χ0v) is 25.1. The van der Waals surface area contributed by atoms with Crippen LogP contribution in [0.5, 0.6) is 11.5 Å². The molecule has 1 aromatic carbocycles. The third-order valence-corrected chi connectivity index (χ3v) is 6.77. The normalized spacial score (nSPS) is 11.6. The lowest BCUT2D eigenvalue weighted by Gasteiger charge is -2.16. The fourth-order valence-electron chi connectivity index (χ4n) is 4.31. The van der Waals surface area contributed by atoms with Gasteiger partial charge in [0.05, 0.1) is 19.2 Å². The average Bonchev–Trinajstić information content (AvgIpc) is 2.99. The lowest BCUT2D eigenvalue weighted by Crippen LogP contribution is -2.30. The molecule has 0 atom stereocenters. The van der Waals surface area contributed by atoms with E-state index in [0.717, 1.165) is 5.56 Å². The number of amides is 1. The van der Waals surface area contributed by atoms with Crippen LogP contribution in [0.15, 0.2) is 59.2 Å². The summed E-state index contributed by atoms with van der Waals surface area (Å²) in [6.45, 7) is 3.62. The second kappa shape index (κ2) is 12.9. The van der Waals surface area contributed by atoms with Crippen molar-refractivity contribution in [1.29, 1.82) is 5.26 Å². The molecule has 4 aromatic rings. The summed E-state index contributed by atoms with van der Waals surface area (Å²) in [6, 6.07) is 10.3. The first-order chi connectivity index (χ1) is 20.5. The average molecular weight is 603 g/mol. The van der Waals surface area contributed by atoms with Crippen molar-refractivity contribution in [2.45, 2.75) is 32.4 Å². The third kappa shape index (κ3) is 7.09.